The van der Waals surface area contributed by atoms with Crippen LogP contribution in [0.2, 0.25) is 0 Å². The van der Waals surface area contributed by atoms with Gasteiger partial charge in [-0.05, 0) is 49.7 Å². The fourth-order valence-electron chi connectivity index (χ4n) is 2.03. The highest BCUT2D eigenvalue weighted by Crippen LogP contribution is 2.21. The average molecular weight is 353 g/mol. The molecule has 2 aromatic rings. The minimum absolute atomic E-state index is 0.00492. The van der Waals surface area contributed by atoms with Crippen molar-refractivity contribution in [3.05, 3.63) is 53.8 Å². The molecule has 0 unspecified atom stereocenters. The second-order valence-corrected chi connectivity index (χ2v) is 7.20. The van der Waals surface area contributed by atoms with E-state index in [0.29, 0.717) is 5.75 Å². The third-order valence-corrected chi connectivity index (χ3v) is 4.59. The summed E-state index contributed by atoms with van der Waals surface area (Å²) in [5.74, 6) is -0.0147. The summed E-state index contributed by atoms with van der Waals surface area (Å²) >= 11 is 0. The Morgan fingerprint density at radius 3 is 2.33 bits per heavy atom. The van der Waals surface area contributed by atoms with E-state index in [1.807, 2.05) is 13.8 Å². The second-order valence-electron chi connectivity index (χ2n) is 5.43. The zero-order valence-corrected chi connectivity index (χ0v) is 14.6. The number of halogens is 1. The molecule has 0 aromatic heterocycles. The lowest BCUT2D eigenvalue weighted by Gasteiger charge is -2.11. The van der Waals surface area contributed by atoms with Crippen LogP contribution in [0.1, 0.15) is 19.4 Å². The summed E-state index contributed by atoms with van der Waals surface area (Å²) in [5.41, 5.74) is 0.767. The van der Waals surface area contributed by atoms with Crippen molar-refractivity contribution < 1.29 is 22.3 Å². The lowest BCUT2D eigenvalue weighted by Crippen LogP contribution is -2.23. The van der Waals surface area contributed by atoms with Crippen molar-refractivity contribution >= 4 is 10.0 Å². The molecule has 0 spiro atoms. The van der Waals surface area contributed by atoms with Crippen LogP contribution in [-0.4, -0.2) is 21.6 Å². The van der Waals surface area contributed by atoms with Gasteiger partial charge in [0.15, 0.2) is 11.6 Å². The van der Waals surface area contributed by atoms with E-state index in [2.05, 4.69) is 4.72 Å². The number of methoxy groups -OCH3 is 1. The SMILES string of the molecule is COc1ccc(S(=O)(=O)NCc2ccc(OC(C)C)cc2)cc1F. The van der Waals surface area contributed by atoms with Gasteiger partial charge in [0.05, 0.1) is 18.1 Å². The highest BCUT2D eigenvalue weighted by molar-refractivity contribution is 7.89. The van der Waals surface area contributed by atoms with Crippen molar-refractivity contribution in [2.24, 2.45) is 0 Å². The van der Waals surface area contributed by atoms with Crippen molar-refractivity contribution in [1.82, 2.24) is 4.72 Å². The van der Waals surface area contributed by atoms with Gasteiger partial charge in [-0.2, -0.15) is 0 Å². The molecule has 24 heavy (non-hydrogen) atoms. The molecule has 0 aliphatic carbocycles. The van der Waals surface area contributed by atoms with Gasteiger partial charge in [-0.1, -0.05) is 12.1 Å². The molecule has 0 saturated carbocycles. The number of ether oxygens (including phenoxy) is 2. The van der Waals surface area contributed by atoms with Crippen LogP contribution < -0.4 is 14.2 Å². The van der Waals surface area contributed by atoms with Gasteiger partial charge in [-0.3, -0.25) is 0 Å². The van der Waals surface area contributed by atoms with Crippen molar-refractivity contribution in [3.63, 3.8) is 0 Å². The van der Waals surface area contributed by atoms with E-state index in [4.69, 9.17) is 9.47 Å². The first-order chi connectivity index (χ1) is 11.3. The molecular weight excluding hydrogens is 333 g/mol. The Labute approximate surface area is 141 Å². The quantitative estimate of drug-likeness (QED) is 0.831. The van der Waals surface area contributed by atoms with E-state index >= 15 is 0 Å². The predicted octanol–water partition coefficient (Wildman–Crippen LogP) is 3.10. The number of hydrogen-bond acceptors (Lipinski definition) is 4. The molecule has 0 heterocycles. The van der Waals surface area contributed by atoms with Crippen LogP contribution in [0.4, 0.5) is 4.39 Å². The summed E-state index contributed by atoms with van der Waals surface area (Å²) in [6.07, 6.45) is 0.0688. The largest absolute Gasteiger partial charge is 0.494 e. The minimum atomic E-state index is -3.81. The molecule has 0 fully saturated rings. The number of nitrogens with one attached hydrogen (secondary N) is 1. The summed E-state index contributed by atoms with van der Waals surface area (Å²) in [4.78, 5) is -0.152. The number of hydrogen-bond donors (Lipinski definition) is 1. The van der Waals surface area contributed by atoms with E-state index in [1.54, 1.807) is 24.3 Å². The molecule has 7 heteroatoms. The number of sulfonamides is 1. The molecule has 2 rings (SSSR count). The van der Waals surface area contributed by atoms with Crippen LogP contribution in [0.3, 0.4) is 0 Å². The Bertz CT molecular complexity index is 789. The van der Waals surface area contributed by atoms with Crippen LogP contribution in [0.5, 0.6) is 11.5 Å². The second kappa shape index (κ2) is 7.63. The summed E-state index contributed by atoms with van der Waals surface area (Å²) in [5, 5.41) is 0. The van der Waals surface area contributed by atoms with Gasteiger partial charge < -0.3 is 9.47 Å². The number of rotatable bonds is 7. The Morgan fingerprint density at radius 1 is 1.12 bits per heavy atom. The molecule has 0 saturated heterocycles. The monoisotopic (exact) mass is 353 g/mol. The van der Waals surface area contributed by atoms with Crippen molar-refractivity contribution in [2.45, 2.75) is 31.4 Å². The first-order valence-corrected chi connectivity index (χ1v) is 8.89. The van der Waals surface area contributed by atoms with Crippen molar-refractivity contribution in [3.8, 4) is 11.5 Å². The Balaban J connectivity index is 2.06. The molecule has 0 aliphatic heterocycles. The summed E-state index contributed by atoms with van der Waals surface area (Å²) < 4.78 is 50.9. The van der Waals surface area contributed by atoms with E-state index in [0.717, 1.165) is 11.6 Å². The van der Waals surface area contributed by atoms with Crippen LogP contribution >= 0.6 is 0 Å². The molecule has 1 N–H and O–H groups in total. The van der Waals surface area contributed by atoms with Gasteiger partial charge in [0, 0.05) is 6.54 Å². The Kier molecular flexibility index (Phi) is 5.80. The smallest absolute Gasteiger partial charge is 0.240 e. The Hall–Kier alpha value is -2.12. The van der Waals surface area contributed by atoms with E-state index in [9.17, 15) is 12.8 Å². The van der Waals surface area contributed by atoms with Gasteiger partial charge >= 0.3 is 0 Å². The van der Waals surface area contributed by atoms with E-state index < -0.39 is 15.8 Å². The van der Waals surface area contributed by atoms with Gasteiger partial charge in [-0.15, -0.1) is 0 Å². The maximum absolute atomic E-state index is 13.7. The highest BCUT2D eigenvalue weighted by atomic mass is 32.2. The lowest BCUT2D eigenvalue weighted by atomic mass is 10.2. The van der Waals surface area contributed by atoms with Gasteiger partial charge in [0.25, 0.3) is 0 Å². The third kappa shape index (κ3) is 4.69. The standard InChI is InChI=1S/C17H20FNO4S/c1-12(2)23-14-6-4-13(5-7-14)11-19-24(20,21)15-8-9-17(22-3)16(18)10-15/h4-10,12,19H,11H2,1-3H3. The maximum atomic E-state index is 13.7. The molecule has 0 bridgehead atoms. The first kappa shape index (κ1) is 18.2. The molecule has 0 atom stereocenters. The summed E-state index contributed by atoms with van der Waals surface area (Å²) in [7, 11) is -2.49. The van der Waals surface area contributed by atoms with Crippen LogP contribution in [0.25, 0.3) is 0 Å². The predicted molar refractivity (Wildman–Crippen MR) is 89.2 cm³/mol. The first-order valence-electron chi connectivity index (χ1n) is 7.40. The third-order valence-electron chi connectivity index (χ3n) is 3.20. The molecule has 0 aliphatic rings. The molecule has 0 amide bonds. The maximum Gasteiger partial charge on any atom is 0.240 e. The zero-order chi connectivity index (χ0) is 17.7. The van der Waals surface area contributed by atoms with Crippen molar-refractivity contribution in [1.29, 1.82) is 0 Å². The topological polar surface area (TPSA) is 64.6 Å². The van der Waals surface area contributed by atoms with Crippen LogP contribution in [-0.2, 0) is 16.6 Å². The van der Waals surface area contributed by atoms with E-state index in [-0.39, 0.29) is 23.3 Å². The normalized spacial score (nSPS) is 11.5. The summed E-state index contributed by atoms with van der Waals surface area (Å²) in [6, 6.07) is 10.6. The number of benzene rings is 2. The fourth-order valence-corrected chi connectivity index (χ4v) is 3.06. The fraction of sp³-hybridized carbons (Fsp3) is 0.294. The molecular formula is C17H20FNO4S. The molecule has 0 radical (unpaired) electrons. The Morgan fingerprint density at radius 2 is 1.79 bits per heavy atom. The van der Waals surface area contributed by atoms with Crippen molar-refractivity contribution in [2.75, 3.05) is 7.11 Å². The average Bonchev–Trinajstić information content (AvgIpc) is 2.53. The lowest BCUT2D eigenvalue weighted by molar-refractivity contribution is 0.242. The molecule has 2 aromatic carbocycles. The highest BCUT2D eigenvalue weighted by Gasteiger charge is 2.16. The van der Waals surface area contributed by atoms with Gasteiger partial charge in [0.2, 0.25) is 10.0 Å². The molecule has 130 valence electrons. The zero-order valence-electron chi connectivity index (χ0n) is 13.7. The van der Waals surface area contributed by atoms with Crippen LogP contribution in [0, 0.1) is 5.82 Å². The summed E-state index contributed by atoms with van der Waals surface area (Å²) in [6.45, 7) is 3.95. The molecule has 5 nitrogen and oxygen atoms in total. The van der Waals surface area contributed by atoms with E-state index in [1.165, 1.54) is 19.2 Å². The van der Waals surface area contributed by atoms with Crippen LogP contribution in [0.15, 0.2) is 47.4 Å². The van der Waals surface area contributed by atoms with Gasteiger partial charge in [0.1, 0.15) is 5.75 Å². The minimum Gasteiger partial charge on any atom is -0.494 e. The van der Waals surface area contributed by atoms with Gasteiger partial charge in [-0.25, -0.2) is 17.5 Å².